The number of rotatable bonds is 6. The van der Waals surface area contributed by atoms with E-state index < -0.39 is 0 Å². The first-order chi connectivity index (χ1) is 10.2. The Morgan fingerprint density at radius 1 is 1.24 bits per heavy atom. The Labute approximate surface area is 128 Å². The predicted molar refractivity (Wildman–Crippen MR) is 87.3 cm³/mol. The van der Waals surface area contributed by atoms with E-state index in [9.17, 15) is 4.79 Å². The van der Waals surface area contributed by atoms with E-state index in [1.807, 2.05) is 6.92 Å². The van der Waals surface area contributed by atoms with Crippen molar-refractivity contribution in [1.29, 1.82) is 0 Å². The van der Waals surface area contributed by atoms with Crippen LogP contribution >= 0.6 is 0 Å². The summed E-state index contributed by atoms with van der Waals surface area (Å²) in [6.45, 7) is 7.53. The Morgan fingerprint density at radius 3 is 2.52 bits per heavy atom. The smallest absolute Gasteiger partial charge is 0.234 e. The Bertz CT molecular complexity index is 433. The summed E-state index contributed by atoms with van der Waals surface area (Å²) >= 11 is 0. The van der Waals surface area contributed by atoms with Crippen LogP contribution in [0.5, 0.6) is 0 Å². The molecule has 116 valence electrons. The van der Waals surface area contributed by atoms with Crippen molar-refractivity contribution in [2.45, 2.75) is 39.5 Å². The van der Waals surface area contributed by atoms with Gasteiger partial charge >= 0.3 is 0 Å². The van der Waals surface area contributed by atoms with E-state index in [2.05, 4.69) is 41.4 Å². The maximum absolute atomic E-state index is 11.6. The molecule has 3 nitrogen and oxygen atoms in total. The highest BCUT2D eigenvalue weighted by Gasteiger charge is 2.20. The van der Waals surface area contributed by atoms with Gasteiger partial charge in [-0.15, -0.1) is 0 Å². The molecule has 21 heavy (non-hydrogen) atoms. The summed E-state index contributed by atoms with van der Waals surface area (Å²) in [5.41, 5.74) is 2.78. The number of carbonyl (C=O) groups excluding carboxylic acids is 1. The van der Waals surface area contributed by atoms with Gasteiger partial charge in [0.25, 0.3) is 0 Å². The molecule has 0 bridgehead atoms. The molecule has 1 aliphatic rings. The molecule has 0 spiro atoms. The number of carbonyl (C=O) groups is 1. The number of nitrogens with one attached hydrogen (secondary N) is 1. The van der Waals surface area contributed by atoms with Gasteiger partial charge < -0.3 is 5.32 Å². The van der Waals surface area contributed by atoms with Gasteiger partial charge in [-0.2, -0.15) is 0 Å². The molecule has 0 aliphatic carbocycles. The molecule has 1 heterocycles. The average molecular weight is 288 g/mol. The molecule has 3 heteroatoms. The van der Waals surface area contributed by atoms with Crippen LogP contribution in [0.2, 0.25) is 0 Å². The van der Waals surface area contributed by atoms with Gasteiger partial charge in [0.05, 0.1) is 6.54 Å². The fourth-order valence-corrected chi connectivity index (χ4v) is 3.01. The minimum absolute atomic E-state index is 0.163. The summed E-state index contributed by atoms with van der Waals surface area (Å²) in [4.78, 5) is 13.9. The van der Waals surface area contributed by atoms with Gasteiger partial charge in [0.2, 0.25) is 5.91 Å². The monoisotopic (exact) mass is 288 g/mol. The van der Waals surface area contributed by atoms with Gasteiger partial charge in [0, 0.05) is 6.54 Å². The molecular weight excluding hydrogens is 260 g/mol. The Balaban J connectivity index is 1.67. The third kappa shape index (κ3) is 5.50. The maximum Gasteiger partial charge on any atom is 0.234 e. The second kappa shape index (κ2) is 8.18. The van der Waals surface area contributed by atoms with Crippen molar-refractivity contribution < 1.29 is 4.79 Å². The zero-order valence-corrected chi connectivity index (χ0v) is 13.4. The van der Waals surface area contributed by atoms with Gasteiger partial charge in [0.1, 0.15) is 0 Å². The SMILES string of the molecule is CCNC(=O)CN1CCC(CCc2ccc(C)cc2)CC1. The first-order valence-corrected chi connectivity index (χ1v) is 8.22. The number of piperidine rings is 1. The molecule has 0 atom stereocenters. The summed E-state index contributed by atoms with van der Waals surface area (Å²) in [6, 6.07) is 8.90. The number of hydrogen-bond acceptors (Lipinski definition) is 2. The third-order valence-corrected chi connectivity index (χ3v) is 4.41. The van der Waals surface area contributed by atoms with E-state index >= 15 is 0 Å². The second-order valence-electron chi connectivity index (χ2n) is 6.20. The lowest BCUT2D eigenvalue weighted by molar-refractivity contribution is -0.122. The fraction of sp³-hybridized carbons (Fsp3) is 0.611. The van der Waals surface area contributed by atoms with Crippen LogP contribution in [0.4, 0.5) is 0 Å². The maximum atomic E-state index is 11.6. The van der Waals surface area contributed by atoms with Crippen molar-refractivity contribution in [2.24, 2.45) is 5.92 Å². The van der Waals surface area contributed by atoms with Crippen molar-refractivity contribution in [3.63, 3.8) is 0 Å². The van der Waals surface area contributed by atoms with E-state index in [4.69, 9.17) is 0 Å². The fourth-order valence-electron chi connectivity index (χ4n) is 3.01. The molecule has 1 fully saturated rings. The largest absolute Gasteiger partial charge is 0.355 e. The van der Waals surface area contributed by atoms with Gasteiger partial charge in [-0.05, 0) is 64.1 Å². The number of aryl methyl sites for hydroxylation is 2. The number of benzene rings is 1. The van der Waals surface area contributed by atoms with E-state index in [1.54, 1.807) is 0 Å². The summed E-state index contributed by atoms with van der Waals surface area (Å²) in [7, 11) is 0. The molecule has 1 amide bonds. The van der Waals surface area contributed by atoms with Crippen LogP contribution in [0, 0.1) is 12.8 Å². The molecule has 1 N–H and O–H groups in total. The molecule has 1 aromatic rings. The molecule has 0 aromatic heterocycles. The lowest BCUT2D eigenvalue weighted by atomic mass is 9.90. The van der Waals surface area contributed by atoms with Gasteiger partial charge in [-0.1, -0.05) is 29.8 Å². The zero-order chi connectivity index (χ0) is 15.1. The van der Waals surface area contributed by atoms with E-state index in [0.717, 1.165) is 25.6 Å². The van der Waals surface area contributed by atoms with Gasteiger partial charge in [-0.3, -0.25) is 9.69 Å². The van der Waals surface area contributed by atoms with Crippen molar-refractivity contribution in [3.8, 4) is 0 Å². The number of likely N-dealkylation sites (tertiary alicyclic amines) is 1. The standard InChI is InChI=1S/C18H28N2O/c1-3-19-18(21)14-20-12-10-17(11-13-20)9-8-16-6-4-15(2)5-7-16/h4-7,17H,3,8-14H2,1-2H3,(H,19,21). The normalized spacial score (nSPS) is 16.9. The zero-order valence-electron chi connectivity index (χ0n) is 13.4. The Hall–Kier alpha value is -1.35. The minimum atomic E-state index is 0.163. The number of likely N-dealkylation sites (N-methyl/N-ethyl adjacent to an activating group) is 1. The van der Waals surface area contributed by atoms with Crippen LogP contribution < -0.4 is 5.32 Å². The summed E-state index contributed by atoms with van der Waals surface area (Å²) < 4.78 is 0. The van der Waals surface area contributed by atoms with E-state index in [-0.39, 0.29) is 5.91 Å². The van der Waals surface area contributed by atoms with Crippen LogP contribution in [-0.4, -0.2) is 37.0 Å². The number of amides is 1. The molecule has 2 rings (SSSR count). The van der Waals surface area contributed by atoms with Crippen LogP contribution in [-0.2, 0) is 11.2 Å². The van der Waals surface area contributed by atoms with Crippen LogP contribution in [0.3, 0.4) is 0 Å². The number of hydrogen-bond donors (Lipinski definition) is 1. The van der Waals surface area contributed by atoms with Crippen LogP contribution in [0.15, 0.2) is 24.3 Å². The summed E-state index contributed by atoms with van der Waals surface area (Å²) in [6.07, 6.45) is 4.91. The van der Waals surface area contributed by atoms with Crippen molar-refractivity contribution in [3.05, 3.63) is 35.4 Å². The first-order valence-electron chi connectivity index (χ1n) is 8.22. The lowest BCUT2D eigenvalue weighted by Crippen LogP contribution is -2.41. The third-order valence-electron chi connectivity index (χ3n) is 4.41. The van der Waals surface area contributed by atoms with Gasteiger partial charge in [-0.25, -0.2) is 0 Å². The highest BCUT2D eigenvalue weighted by atomic mass is 16.2. The predicted octanol–water partition coefficient (Wildman–Crippen LogP) is 2.78. The summed E-state index contributed by atoms with van der Waals surface area (Å²) in [5.74, 6) is 0.979. The summed E-state index contributed by atoms with van der Waals surface area (Å²) in [5, 5.41) is 2.87. The van der Waals surface area contributed by atoms with Crippen LogP contribution in [0.1, 0.15) is 37.3 Å². The van der Waals surface area contributed by atoms with E-state index in [0.29, 0.717) is 6.54 Å². The molecule has 1 saturated heterocycles. The minimum Gasteiger partial charge on any atom is -0.355 e. The molecule has 1 aromatic carbocycles. The molecule has 0 saturated carbocycles. The van der Waals surface area contributed by atoms with Crippen LogP contribution in [0.25, 0.3) is 0 Å². The molecule has 1 aliphatic heterocycles. The Morgan fingerprint density at radius 2 is 1.90 bits per heavy atom. The number of nitrogens with zero attached hydrogens (tertiary/aromatic N) is 1. The Kier molecular flexibility index (Phi) is 6.24. The quantitative estimate of drug-likeness (QED) is 0.873. The van der Waals surface area contributed by atoms with Crippen molar-refractivity contribution in [1.82, 2.24) is 10.2 Å². The van der Waals surface area contributed by atoms with Gasteiger partial charge in [0.15, 0.2) is 0 Å². The molecule has 0 radical (unpaired) electrons. The lowest BCUT2D eigenvalue weighted by Gasteiger charge is -2.31. The highest BCUT2D eigenvalue weighted by Crippen LogP contribution is 2.22. The molecular formula is C18H28N2O. The average Bonchev–Trinajstić information content (AvgIpc) is 2.48. The topological polar surface area (TPSA) is 32.3 Å². The van der Waals surface area contributed by atoms with Crippen molar-refractivity contribution >= 4 is 5.91 Å². The van der Waals surface area contributed by atoms with Crippen molar-refractivity contribution in [2.75, 3.05) is 26.2 Å². The van der Waals surface area contributed by atoms with E-state index in [1.165, 1.54) is 36.8 Å². The first kappa shape index (κ1) is 16.0. The molecule has 0 unspecified atom stereocenters. The second-order valence-corrected chi connectivity index (χ2v) is 6.20. The highest BCUT2D eigenvalue weighted by molar-refractivity contribution is 5.77.